The van der Waals surface area contributed by atoms with Crippen molar-refractivity contribution in [1.82, 2.24) is 10.2 Å². The van der Waals surface area contributed by atoms with Crippen molar-refractivity contribution in [2.75, 3.05) is 0 Å². The maximum atomic E-state index is 13.1. The van der Waals surface area contributed by atoms with Gasteiger partial charge in [0.25, 0.3) is 5.69 Å². The molecule has 0 saturated carbocycles. The van der Waals surface area contributed by atoms with Crippen LogP contribution in [0.1, 0.15) is 5.56 Å². The highest BCUT2D eigenvalue weighted by Crippen LogP contribution is 2.25. The molecule has 0 unspecified atom stereocenters. The van der Waals surface area contributed by atoms with Gasteiger partial charge in [-0.05, 0) is 29.8 Å². The standard InChI is InChI=1S/C17H12FN3O2S/c18-14-5-1-3-12(9-14)11-24-17-8-7-16(19-20-17)13-4-2-6-15(10-13)21(22)23/h1-10H,11H2. The Bertz CT molecular complexity index is 872. The third-order valence-electron chi connectivity index (χ3n) is 3.27. The van der Waals surface area contributed by atoms with Gasteiger partial charge in [-0.2, -0.15) is 0 Å². The summed E-state index contributed by atoms with van der Waals surface area (Å²) in [5.41, 5.74) is 2.08. The van der Waals surface area contributed by atoms with Crippen molar-refractivity contribution in [2.45, 2.75) is 10.8 Å². The van der Waals surface area contributed by atoms with Crippen LogP contribution in [0, 0.1) is 15.9 Å². The first-order valence-corrected chi connectivity index (χ1v) is 8.06. The summed E-state index contributed by atoms with van der Waals surface area (Å²) in [6, 6.07) is 16.2. The van der Waals surface area contributed by atoms with Crippen LogP contribution in [-0.2, 0) is 5.75 Å². The molecule has 0 aliphatic carbocycles. The SMILES string of the molecule is O=[N+]([O-])c1cccc(-c2ccc(SCc3cccc(F)c3)nn2)c1. The number of benzene rings is 2. The number of rotatable bonds is 5. The number of nitro benzene ring substituents is 1. The predicted molar refractivity (Wildman–Crippen MR) is 90.1 cm³/mol. The van der Waals surface area contributed by atoms with Gasteiger partial charge in [0.05, 0.1) is 10.6 Å². The lowest BCUT2D eigenvalue weighted by Crippen LogP contribution is -1.92. The summed E-state index contributed by atoms with van der Waals surface area (Å²) in [6.45, 7) is 0. The Balaban J connectivity index is 1.71. The van der Waals surface area contributed by atoms with Crippen LogP contribution >= 0.6 is 11.8 Å². The minimum absolute atomic E-state index is 0.0128. The van der Waals surface area contributed by atoms with E-state index >= 15 is 0 Å². The van der Waals surface area contributed by atoms with E-state index in [0.717, 1.165) is 5.56 Å². The Labute approximate surface area is 141 Å². The summed E-state index contributed by atoms with van der Waals surface area (Å²) in [7, 11) is 0. The predicted octanol–water partition coefficient (Wildman–Crippen LogP) is 4.48. The summed E-state index contributed by atoms with van der Waals surface area (Å²) in [6.07, 6.45) is 0. The minimum Gasteiger partial charge on any atom is -0.258 e. The normalized spacial score (nSPS) is 10.5. The summed E-state index contributed by atoms with van der Waals surface area (Å²) in [5, 5.41) is 19.8. The molecule has 24 heavy (non-hydrogen) atoms. The molecule has 0 atom stereocenters. The molecule has 1 aromatic heterocycles. The van der Waals surface area contributed by atoms with E-state index in [1.165, 1.54) is 36.0 Å². The van der Waals surface area contributed by atoms with E-state index in [0.29, 0.717) is 22.0 Å². The van der Waals surface area contributed by atoms with Crippen LogP contribution in [0.4, 0.5) is 10.1 Å². The van der Waals surface area contributed by atoms with Crippen molar-refractivity contribution < 1.29 is 9.31 Å². The van der Waals surface area contributed by atoms with Gasteiger partial charge in [0, 0.05) is 23.4 Å². The molecular formula is C17H12FN3O2S. The largest absolute Gasteiger partial charge is 0.270 e. The minimum atomic E-state index is -0.444. The molecule has 3 rings (SSSR count). The van der Waals surface area contributed by atoms with Crippen LogP contribution < -0.4 is 0 Å². The first-order valence-electron chi connectivity index (χ1n) is 7.07. The Hall–Kier alpha value is -2.80. The summed E-state index contributed by atoms with van der Waals surface area (Å²) >= 11 is 1.45. The maximum absolute atomic E-state index is 13.1. The third kappa shape index (κ3) is 3.94. The molecule has 120 valence electrons. The molecule has 0 N–H and O–H groups in total. The molecule has 7 heteroatoms. The van der Waals surface area contributed by atoms with Crippen molar-refractivity contribution in [3.05, 3.63) is 82.2 Å². The molecule has 1 heterocycles. The second-order valence-corrected chi connectivity index (χ2v) is 5.98. The van der Waals surface area contributed by atoms with Gasteiger partial charge in [0.2, 0.25) is 0 Å². The lowest BCUT2D eigenvalue weighted by molar-refractivity contribution is -0.384. The molecule has 0 spiro atoms. The average Bonchev–Trinajstić information content (AvgIpc) is 2.60. The average molecular weight is 341 g/mol. The van der Waals surface area contributed by atoms with Crippen molar-refractivity contribution in [3.63, 3.8) is 0 Å². The first-order chi connectivity index (χ1) is 11.6. The van der Waals surface area contributed by atoms with Crippen molar-refractivity contribution in [1.29, 1.82) is 0 Å². The van der Waals surface area contributed by atoms with Crippen LogP contribution in [0.25, 0.3) is 11.3 Å². The van der Waals surface area contributed by atoms with E-state index < -0.39 is 4.92 Å². The Morgan fingerprint density at radius 2 is 1.88 bits per heavy atom. The van der Waals surface area contributed by atoms with E-state index in [1.807, 2.05) is 6.07 Å². The lowest BCUT2D eigenvalue weighted by atomic mass is 10.1. The Morgan fingerprint density at radius 1 is 1.04 bits per heavy atom. The van der Waals surface area contributed by atoms with Crippen LogP contribution in [0.15, 0.2) is 65.7 Å². The van der Waals surface area contributed by atoms with E-state index in [2.05, 4.69) is 10.2 Å². The fraction of sp³-hybridized carbons (Fsp3) is 0.0588. The van der Waals surface area contributed by atoms with Crippen molar-refractivity contribution in [3.8, 4) is 11.3 Å². The van der Waals surface area contributed by atoms with Crippen LogP contribution in [-0.4, -0.2) is 15.1 Å². The van der Waals surface area contributed by atoms with Gasteiger partial charge in [-0.25, -0.2) is 4.39 Å². The monoisotopic (exact) mass is 341 g/mol. The van der Waals surface area contributed by atoms with Crippen LogP contribution in [0.3, 0.4) is 0 Å². The molecule has 3 aromatic rings. The fourth-order valence-electron chi connectivity index (χ4n) is 2.11. The molecule has 5 nitrogen and oxygen atoms in total. The zero-order valence-electron chi connectivity index (χ0n) is 12.4. The molecule has 0 saturated heterocycles. The van der Waals surface area contributed by atoms with Crippen molar-refractivity contribution in [2.24, 2.45) is 0 Å². The topological polar surface area (TPSA) is 68.9 Å². The summed E-state index contributed by atoms with van der Waals surface area (Å²) in [5.74, 6) is 0.322. The summed E-state index contributed by atoms with van der Waals surface area (Å²) < 4.78 is 13.1. The molecule has 0 aliphatic rings. The fourth-order valence-corrected chi connectivity index (χ4v) is 2.87. The van der Waals surface area contributed by atoms with E-state index in [9.17, 15) is 14.5 Å². The molecule has 0 fully saturated rings. The number of hydrogen-bond donors (Lipinski definition) is 0. The molecule has 2 aromatic carbocycles. The molecule has 0 aliphatic heterocycles. The number of thioether (sulfide) groups is 1. The number of nitrogens with zero attached hydrogens (tertiary/aromatic N) is 3. The van der Waals surface area contributed by atoms with E-state index in [1.54, 1.807) is 30.3 Å². The smallest absolute Gasteiger partial charge is 0.258 e. The Kier molecular flexibility index (Phi) is 4.81. The number of halogens is 1. The molecule has 0 amide bonds. The number of nitro groups is 1. The zero-order chi connectivity index (χ0) is 16.9. The van der Waals surface area contributed by atoms with Gasteiger partial charge in [0.1, 0.15) is 10.8 Å². The van der Waals surface area contributed by atoms with Crippen LogP contribution in [0.2, 0.25) is 0 Å². The van der Waals surface area contributed by atoms with Gasteiger partial charge >= 0.3 is 0 Å². The number of aromatic nitrogens is 2. The molecule has 0 radical (unpaired) electrons. The molecule has 0 bridgehead atoms. The first kappa shape index (κ1) is 16.1. The number of non-ortho nitro benzene ring substituents is 1. The second kappa shape index (κ2) is 7.18. The highest BCUT2D eigenvalue weighted by atomic mass is 32.2. The van der Waals surface area contributed by atoms with Gasteiger partial charge in [-0.1, -0.05) is 36.0 Å². The second-order valence-electron chi connectivity index (χ2n) is 4.98. The summed E-state index contributed by atoms with van der Waals surface area (Å²) in [4.78, 5) is 10.4. The quantitative estimate of drug-likeness (QED) is 0.389. The van der Waals surface area contributed by atoms with Gasteiger partial charge in [0.15, 0.2) is 0 Å². The van der Waals surface area contributed by atoms with E-state index in [4.69, 9.17) is 0 Å². The van der Waals surface area contributed by atoms with Gasteiger partial charge in [-0.3, -0.25) is 10.1 Å². The maximum Gasteiger partial charge on any atom is 0.270 e. The highest BCUT2D eigenvalue weighted by Gasteiger charge is 2.08. The van der Waals surface area contributed by atoms with E-state index in [-0.39, 0.29) is 11.5 Å². The molecular weight excluding hydrogens is 329 g/mol. The number of hydrogen-bond acceptors (Lipinski definition) is 5. The van der Waals surface area contributed by atoms with Crippen LogP contribution in [0.5, 0.6) is 0 Å². The van der Waals surface area contributed by atoms with Crippen molar-refractivity contribution >= 4 is 17.4 Å². The lowest BCUT2D eigenvalue weighted by Gasteiger charge is -2.03. The van der Waals surface area contributed by atoms with Gasteiger partial charge < -0.3 is 0 Å². The Morgan fingerprint density at radius 3 is 2.58 bits per heavy atom. The zero-order valence-corrected chi connectivity index (χ0v) is 13.2. The highest BCUT2D eigenvalue weighted by molar-refractivity contribution is 7.98. The van der Waals surface area contributed by atoms with Gasteiger partial charge in [-0.15, -0.1) is 10.2 Å². The third-order valence-corrected chi connectivity index (χ3v) is 4.26.